The molecule has 68 valence electrons. The van der Waals surface area contributed by atoms with E-state index in [2.05, 4.69) is 47.2 Å². The first-order valence-electron chi connectivity index (χ1n) is 4.33. The summed E-state index contributed by atoms with van der Waals surface area (Å²) in [6.07, 6.45) is 8.90. The predicted molar refractivity (Wildman–Crippen MR) is 58.3 cm³/mol. The molecule has 0 atom stereocenters. The monoisotopic (exact) mass is 237 g/mol. The molecular weight excluding hydrogens is 226 g/mol. The minimum atomic E-state index is 0.547. The van der Waals surface area contributed by atoms with Crippen LogP contribution in [-0.2, 0) is 0 Å². The Kier molecular flexibility index (Phi) is 3.98. The molecule has 1 aliphatic carbocycles. The van der Waals surface area contributed by atoms with Crippen LogP contribution in [0.3, 0.4) is 0 Å². The summed E-state index contributed by atoms with van der Waals surface area (Å²) >= 11 is 3.48. The topological polar surface area (TPSA) is 23.8 Å². The fourth-order valence-electron chi connectivity index (χ4n) is 1.28. The minimum absolute atomic E-state index is 0.547. The van der Waals surface area contributed by atoms with E-state index >= 15 is 0 Å². The summed E-state index contributed by atoms with van der Waals surface area (Å²) in [6.45, 7) is 2.05. The largest absolute Gasteiger partial charge is 0.198 e. The van der Waals surface area contributed by atoms with E-state index in [1.165, 1.54) is 11.1 Å². The lowest BCUT2D eigenvalue weighted by Gasteiger charge is -2.06. The van der Waals surface area contributed by atoms with Crippen LogP contribution >= 0.6 is 15.9 Å². The highest BCUT2D eigenvalue weighted by Crippen LogP contribution is 2.22. The van der Waals surface area contributed by atoms with Crippen LogP contribution in [0.5, 0.6) is 0 Å². The quantitative estimate of drug-likeness (QED) is 0.680. The molecule has 2 heteroatoms. The Morgan fingerprint density at radius 1 is 1.62 bits per heavy atom. The molecule has 1 aliphatic rings. The van der Waals surface area contributed by atoms with Crippen molar-refractivity contribution in [1.29, 1.82) is 5.26 Å². The minimum Gasteiger partial charge on any atom is -0.198 e. The van der Waals surface area contributed by atoms with Gasteiger partial charge in [-0.15, -0.1) is 0 Å². The lowest BCUT2D eigenvalue weighted by atomic mass is 10.0. The summed E-state index contributed by atoms with van der Waals surface area (Å²) in [6, 6.07) is 2.19. The highest BCUT2D eigenvalue weighted by atomic mass is 79.9. The number of halogens is 1. The highest BCUT2D eigenvalue weighted by molar-refractivity contribution is 9.11. The SMILES string of the molecule is CC1=C(Br)/C=C\CC/C(CC#N)=C\1. The van der Waals surface area contributed by atoms with Gasteiger partial charge in [0.2, 0.25) is 0 Å². The van der Waals surface area contributed by atoms with Gasteiger partial charge in [-0.25, -0.2) is 0 Å². The van der Waals surface area contributed by atoms with E-state index in [1.807, 2.05) is 0 Å². The summed E-state index contributed by atoms with van der Waals surface area (Å²) in [5.41, 5.74) is 2.42. The maximum absolute atomic E-state index is 8.60. The first-order chi connectivity index (χ1) is 6.24. The summed E-state index contributed by atoms with van der Waals surface area (Å²) in [5, 5.41) is 8.60. The Hall–Kier alpha value is -0.810. The van der Waals surface area contributed by atoms with Gasteiger partial charge in [-0.3, -0.25) is 0 Å². The van der Waals surface area contributed by atoms with Crippen LogP contribution in [0.1, 0.15) is 26.2 Å². The molecule has 13 heavy (non-hydrogen) atoms. The fourth-order valence-corrected chi connectivity index (χ4v) is 1.58. The molecule has 0 aromatic carbocycles. The van der Waals surface area contributed by atoms with Gasteiger partial charge >= 0.3 is 0 Å². The summed E-state index contributed by atoms with van der Waals surface area (Å²) in [5.74, 6) is 0. The van der Waals surface area contributed by atoms with Gasteiger partial charge in [-0.1, -0.05) is 39.7 Å². The van der Waals surface area contributed by atoms with Gasteiger partial charge < -0.3 is 0 Å². The first kappa shape index (κ1) is 10.3. The maximum atomic E-state index is 8.60. The molecule has 1 nitrogen and oxygen atoms in total. The van der Waals surface area contributed by atoms with E-state index in [9.17, 15) is 0 Å². The Bertz CT molecular complexity index is 315. The van der Waals surface area contributed by atoms with Crippen LogP contribution < -0.4 is 0 Å². The van der Waals surface area contributed by atoms with Crippen molar-refractivity contribution in [3.63, 3.8) is 0 Å². The number of nitriles is 1. The molecule has 0 aromatic heterocycles. The molecule has 0 aliphatic heterocycles. The normalized spacial score (nSPS) is 29.5. The molecule has 0 amide bonds. The van der Waals surface area contributed by atoms with Gasteiger partial charge in [0.25, 0.3) is 0 Å². The average molecular weight is 238 g/mol. The van der Waals surface area contributed by atoms with Crippen LogP contribution in [0.15, 0.2) is 33.9 Å². The van der Waals surface area contributed by atoms with Crippen LogP contribution in [0.2, 0.25) is 0 Å². The third kappa shape index (κ3) is 3.20. The molecule has 0 spiro atoms. The Balaban J connectivity index is 2.90. The van der Waals surface area contributed by atoms with E-state index < -0.39 is 0 Å². The number of hydrogen-bond donors (Lipinski definition) is 0. The zero-order valence-corrected chi connectivity index (χ0v) is 9.26. The van der Waals surface area contributed by atoms with Crippen LogP contribution in [0.4, 0.5) is 0 Å². The third-order valence-corrected chi connectivity index (χ3v) is 2.89. The lowest BCUT2D eigenvalue weighted by molar-refractivity contribution is 0.937. The second-order valence-electron chi connectivity index (χ2n) is 3.11. The molecule has 0 heterocycles. The van der Waals surface area contributed by atoms with Gasteiger partial charge in [0.15, 0.2) is 0 Å². The molecule has 0 saturated carbocycles. The number of rotatable bonds is 1. The van der Waals surface area contributed by atoms with E-state index in [0.717, 1.165) is 17.3 Å². The summed E-state index contributed by atoms with van der Waals surface area (Å²) in [4.78, 5) is 0. The highest BCUT2D eigenvalue weighted by Gasteiger charge is 2.01. The van der Waals surface area contributed by atoms with Crippen molar-refractivity contribution in [2.45, 2.75) is 26.2 Å². The van der Waals surface area contributed by atoms with Gasteiger partial charge in [0.05, 0.1) is 12.5 Å². The number of allylic oxidation sites excluding steroid dienone is 6. The second-order valence-corrected chi connectivity index (χ2v) is 3.96. The number of hydrogen-bond acceptors (Lipinski definition) is 1. The Morgan fingerprint density at radius 3 is 3.08 bits per heavy atom. The van der Waals surface area contributed by atoms with E-state index in [4.69, 9.17) is 5.26 Å². The lowest BCUT2D eigenvalue weighted by Crippen LogP contribution is -1.87. The van der Waals surface area contributed by atoms with Gasteiger partial charge in [0.1, 0.15) is 0 Å². The zero-order valence-electron chi connectivity index (χ0n) is 7.68. The van der Waals surface area contributed by atoms with Crippen molar-refractivity contribution in [2.24, 2.45) is 0 Å². The van der Waals surface area contributed by atoms with Crippen molar-refractivity contribution in [2.75, 3.05) is 0 Å². The molecule has 0 bridgehead atoms. The van der Waals surface area contributed by atoms with Crippen molar-refractivity contribution in [3.8, 4) is 6.07 Å². The molecule has 0 aromatic rings. The average Bonchev–Trinajstić information content (AvgIpc) is 2.10. The molecule has 1 rings (SSSR count). The predicted octanol–water partition coefficient (Wildman–Crippen LogP) is 3.85. The molecule has 0 fully saturated rings. The molecule has 0 saturated heterocycles. The molecule has 0 N–H and O–H groups in total. The zero-order chi connectivity index (χ0) is 9.68. The Labute approximate surface area is 87.6 Å². The summed E-state index contributed by atoms with van der Waals surface area (Å²) < 4.78 is 1.11. The van der Waals surface area contributed by atoms with Gasteiger partial charge in [-0.05, 0) is 25.3 Å². The first-order valence-corrected chi connectivity index (χ1v) is 5.12. The van der Waals surface area contributed by atoms with Crippen molar-refractivity contribution in [3.05, 3.63) is 33.9 Å². The van der Waals surface area contributed by atoms with Crippen molar-refractivity contribution in [1.82, 2.24) is 0 Å². The van der Waals surface area contributed by atoms with E-state index in [-0.39, 0.29) is 0 Å². The van der Waals surface area contributed by atoms with Crippen molar-refractivity contribution < 1.29 is 0 Å². The van der Waals surface area contributed by atoms with Crippen LogP contribution in [-0.4, -0.2) is 0 Å². The van der Waals surface area contributed by atoms with Gasteiger partial charge in [-0.2, -0.15) is 5.26 Å². The Morgan fingerprint density at radius 2 is 2.38 bits per heavy atom. The third-order valence-electron chi connectivity index (χ3n) is 2.00. The fraction of sp³-hybridized carbons (Fsp3) is 0.364. The van der Waals surface area contributed by atoms with Gasteiger partial charge in [0, 0.05) is 4.48 Å². The molecule has 0 unspecified atom stereocenters. The van der Waals surface area contributed by atoms with Crippen LogP contribution in [0.25, 0.3) is 0 Å². The molecule has 0 radical (unpaired) electrons. The molecular formula is C11H12BrN. The van der Waals surface area contributed by atoms with E-state index in [0.29, 0.717) is 6.42 Å². The summed E-state index contributed by atoms with van der Waals surface area (Å²) in [7, 11) is 0. The maximum Gasteiger partial charge on any atom is 0.0666 e. The van der Waals surface area contributed by atoms with Crippen LogP contribution in [0, 0.1) is 11.3 Å². The standard InChI is InChI=1S/C11H12BrN/c1-9-8-10(6-7-13)4-2-3-5-11(9)12/h3,5,8H,2,4,6H2,1H3/b5-3-,10-8+,11-9+. The second kappa shape index (κ2) is 5.04. The number of nitrogens with zero attached hydrogens (tertiary/aromatic N) is 1. The van der Waals surface area contributed by atoms with E-state index in [1.54, 1.807) is 0 Å². The smallest absolute Gasteiger partial charge is 0.0666 e. The van der Waals surface area contributed by atoms with Crippen molar-refractivity contribution >= 4 is 15.9 Å².